The molecule has 0 bridgehead atoms. The number of hydrogen-bond donors (Lipinski definition) is 2. The lowest BCUT2D eigenvalue weighted by molar-refractivity contribution is -0.120. The summed E-state index contributed by atoms with van der Waals surface area (Å²) in [5.41, 5.74) is 3.58. The highest BCUT2D eigenvalue weighted by molar-refractivity contribution is 8.01. The summed E-state index contributed by atoms with van der Waals surface area (Å²) in [6, 6.07) is 15.1. The van der Waals surface area contributed by atoms with Crippen LogP contribution in [0.3, 0.4) is 0 Å². The Morgan fingerprint density at radius 2 is 2.04 bits per heavy atom. The maximum absolute atomic E-state index is 12.5. The van der Waals surface area contributed by atoms with Gasteiger partial charge in [-0.25, -0.2) is 0 Å². The molecule has 1 aliphatic rings. The van der Waals surface area contributed by atoms with Crippen LogP contribution < -0.4 is 10.6 Å². The van der Waals surface area contributed by atoms with Crippen molar-refractivity contribution in [3.63, 3.8) is 0 Å². The van der Waals surface area contributed by atoms with Crippen LogP contribution in [-0.4, -0.2) is 17.1 Å². The number of nitrogens with one attached hydrogen (secondary N) is 2. The zero-order valence-electron chi connectivity index (χ0n) is 14.1. The van der Waals surface area contributed by atoms with Crippen molar-refractivity contribution in [2.24, 2.45) is 0 Å². The van der Waals surface area contributed by atoms with Crippen molar-refractivity contribution in [3.05, 3.63) is 64.3 Å². The predicted molar refractivity (Wildman–Crippen MR) is 113 cm³/mol. The maximum atomic E-state index is 12.5. The summed E-state index contributed by atoms with van der Waals surface area (Å²) in [5, 5.41) is 9.89. The fourth-order valence-corrected chi connectivity index (χ4v) is 4.77. The molecule has 0 aliphatic carbocycles. The average molecular weight is 415 g/mol. The molecule has 3 aromatic rings. The van der Waals surface area contributed by atoms with E-state index in [4.69, 9.17) is 11.6 Å². The van der Waals surface area contributed by atoms with E-state index >= 15 is 0 Å². The lowest BCUT2D eigenvalue weighted by Gasteiger charge is -2.23. The molecule has 1 unspecified atom stereocenters. The zero-order chi connectivity index (χ0) is 18.8. The number of thiophene rings is 1. The van der Waals surface area contributed by atoms with Crippen molar-refractivity contribution in [1.82, 2.24) is 0 Å². The maximum Gasteiger partial charge on any atom is 0.238 e. The van der Waals surface area contributed by atoms with Crippen LogP contribution in [0.1, 0.15) is 6.42 Å². The van der Waals surface area contributed by atoms with E-state index in [1.54, 1.807) is 23.5 Å². The van der Waals surface area contributed by atoms with Gasteiger partial charge in [-0.3, -0.25) is 9.59 Å². The van der Waals surface area contributed by atoms with E-state index in [1.807, 2.05) is 41.8 Å². The summed E-state index contributed by atoms with van der Waals surface area (Å²) in [6.07, 6.45) is 0.0985. The van der Waals surface area contributed by atoms with Gasteiger partial charge in [-0.15, -0.1) is 11.8 Å². The van der Waals surface area contributed by atoms with Crippen molar-refractivity contribution in [1.29, 1.82) is 0 Å². The SMILES string of the molecule is O=C(CC1Sc2ccc(Cl)cc2NC1=O)Nc1cccc(-c2ccsc2)c1. The number of fused-ring (bicyclic) bond motifs is 1. The third kappa shape index (κ3) is 4.18. The minimum atomic E-state index is -0.473. The van der Waals surface area contributed by atoms with Crippen molar-refractivity contribution in [2.45, 2.75) is 16.6 Å². The first-order chi connectivity index (χ1) is 13.1. The Kier molecular flexibility index (Phi) is 5.20. The highest BCUT2D eigenvalue weighted by Crippen LogP contribution is 2.38. The first-order valence-corrected chi connectivity index (χ1v) is 10.5. The van der Waals surface area contributed by atoms with Crippen LogP contribution in [0.2, 0.25) is 5.02 Å². The number of thioether (sulfide) groups is 1. The Hall–Kier alpha value is -2.28. The quantitative estimate of drug-likeness (QED) is 0.591. The van der Waals surface area contributed by atoms with Gasteiger partial charge in [-0.2, -0.15) is 11.3 Å². The number of carbonyl (C=O) groups excluding carboxylic acids is 2. The lowest BCUT2D eigenvalue weighted by Crippen LogP contribution is -2.32. The Balaban J connectivity index is 1.43. The molecular weight excluding hydrogens is 400 g/mol. The molecule has 7 heteroatoms. The Morgan fingerprint density at radius 3 is 2.85 bits per heavy atom. The molecule has 2 heterocycles. The van der Waals surface area contributed by atoms with Gasteiger partial charge in [0.1, 0.15) is 0 Å². The van der Waals surface area contributed by atoms with Gasteiger partial charge >= 0.3 is 0 Å². The topological polar surface area (TPSA) is 58.2 Å². The summed E-state index contributed by atoms with van der Waals surface area (Å²) < 4.78 is 0. The number of carbonyl (C=O) groups is 2. The van der Waals surface area contributed by atoms with Gasteiger partial charge in [0.2, 0.25) is 11.8 Å². The minimum absolute atomic E-state index is 0.0985. The summed E-state index contributed by atoms with van der Waals surface area (Å²) in [6.45, 7) is 0. The number of hydrogen-bond acceptors (Lipinski definition) is 4. The van der Waals surface area contributed by atoms with Crippen LogP contribution in [-0.2, 0) is 9.59 Å². The normalized spacial score (nSPS) is 15.7. The van der Waals surface area contributed by atoms with Crippen molar-refractivity contribution < 1.29 is 9.59 Å². The van der Waals surface area contributed by atoms with Gasteiger partial charge in [0.25, 0.3) is 0 Å². The second-order valence-electron chi connectivity index (χ2n) is 6.08. The van der Waals surface area contributed by atoms with E-state index in [0.29, 0.717) is 10.7 Å². The van der Waals surface area contributed by atoms with Crippen LogP contribution in [0.5, 0.6) is 0 Å². The fraction of sp³-hybridized carbons (Fsp3) is 0.100. The molecule has 2 amide bonds. The van der Waals surface area contributed by atoms with Gasteiger partial charge in [0.15, 0.2) is 0 Å². The van der Waals surface area contributed by atoms with E-state index in [1.165, 1.54) is 11.8 Å². The van der Waals surface area contributed by atoms with Crippen LogP contribution in [0.25, 0.3) is 11.1 Å². The van der Waals surface area contributed by atoms with Crippen molar-refractivity contribution >= 4 is 57.9 Å². The van der Waals surface area contributed by atoms with Crippen LogP contribution >= 0.6 is 34.7 Å². The smallest absolute Gasteiger partial charge is 0.238 e. The molecule has 0 fully saturated rings. The van der Waals surface area contributed by atoms with Crippen LogP contribution in [0.15, 0.2) is 64.2 Å². The number of halogens is 1. The van der Waals surface area contributed by atoms with E-state index in [-0.39, 0.29) is 18.2 Å². The zero-order valence-corrected chi connectivity index (χ0v) is 16.5. The first-order valence-electron chi connectivity index (χ1n) is 8.28. The van der Waals surface area contributed by atoms with Gasteiger partial charge in [-0.05, 0) is 58.3 Å². The Morgan fingerprint density at radius 1 is 1.15 bits per heavy atom. The largest absolute Gasteiger partial charge is 0.326 e. The molecular formula is C20H15ClN2O2S2. The standard InChI is InChI=1S/C20H15ClN2O2S2/c21-14-4-5-17-16(9-14)23-20(25)18(27-17)10-19(24)22-15-3-1-2-12(8-15)13-6-7-26-11-13/h1-9,11,18H,10H2,(H,22,24)(H,23,25). The number of benzene rings is 2. The third-order valence-corrected chi connectivity index (χ3v) is 6.33. The summed E-state index contributed by atoms with van der Waals surface area (Å²) >= 11 is 8.97. The van der Waals surface area contributed by atoms with Gasteiger partial charge < -0.3 is 10.6 Å². The lowest BCUT2D eigenvalue weighted by atomic mass is 10.1. The molecule has 2 N–H and O–H groups in total. The second kappa shape index (κ2) is 7.76. The average Bonchev–Trinajstić information content (AvgIpc) is 3.17. The highest BCUT2D eigenvalue weighted by atomic mass is 35.5. The van der Waals surface area contributed by atoms with E-state index in [0.717, 1.165) is 21.7 Å². The van der Waals surface area contributed by atoms with Gasteiger partial charge in [0, 0.05) is 22.0 Å². The highest BCUT2D eigenvalue weighted by Gasteiger charge is 2.29. The van der Waals surface area contributed by atoms with Gasteiger partial charge in [-0.1, -0.05) is 23.7 Å². The summed E-state index contributed by atoms with van der Waals surface area (Å²) in [4.78, 5) is 25.7. The Bertz CT molecular complexity index is 1000. The molecule has 2 aromatic carbocycles. The molecule has 0 spiro atoms. The fourth-order valence-electron chi connectivity index (χ4n) is 2.84. The molecule has 136 valence electrons. The molecule has 27 heavy (non-hydrogen) atoms. The second-order valence-corrected chi connectivity index (χ2v) is 8.54. The van der Waals surface area contributed by atoms with Crippen molar-refractivity contribution in [2.75, 3.05) is 10.6 Å². The molecule has 1 atom stereocenters. The molecule has 0 radical (unpaired) electrons. The van der Waals surface area contributed by atoms with E-state index in [2.05, 4.69) is 16.0 Å². The van der Waals surface area contributed by atoms with Crippen molar-refractivity contribution in [3.8, 4) is 11.1 Å². The molecule has 4 nitrogen and oxygen atoms in total. The minimum Gasteiger partial charge on any atom is -0.326 e. The van der Waals surface area contributed by atoms with E-state index < -0.39 is 5.25 Å². The van der Waals surface area contributed by atoms with Gasteiger partial charge in [0.05, 0.1) is 10.9 Å². The molecule has 1 aliphatic heterocycles. The van der Waals surface area contributed by atoms with E-state index in [9.17, 15) is 9.59 Å². The Labute approximate surface area is 169 Å². The molecule has 0 saturated heterocycles. The van der Waals surface area contributed by atoms with Crippen LogP contribution in [0, 0.1) is 0 Å². The number of anilines is 2. The number of rotatable bonds is 4. The monoisotopic (exact) mass is 414 g/mol. The number of amides is 2. The predicted octanol–water partition coefficient (Wildman–Crippen LogP) is 5.51. The first kappa shape index (κ1) is 18.1. The molecule has 1 aromatic heterocycles. The summed E-state index contributed by atoms with van der Waals surface area (Å²) in [7, 11) is 0. The molecule has 0 saturated carbocycles. The van der Waals surface area contributed by atoms with Crippen LogP contribution in [0.4, 0.5) is 11.4 Å². The summed E-state index contributed by atoms with van der Waals surface area (Å²) in [5.74, 6) is -0.375. The molecule has 4 rings (SSSR count). The third-order valence-electron chi connectivity index (χ3n) is 4.13.